The van der Waals surface area contributed by atoms with Crippen LogP contribution in [0.1, 0.15) is 27.2 Å². The van der Waals surface area contributed by atoms with E-state index in [9.17, 15) is 0 Å². The van der Waals surface area contributed by atoms with Crippen molar-refractivity contribution in [2.45, 2.75) is 27.2 Å². The third-order valence-corrected chi connectivity index (χ3v) is 2.33. The van der Waals surface area contributed by atoms with Gasteiger partial charge in [-0.1, -0.05) is 19.9 Å². The average Bonchev–Trinajstić information content (AvgIpc) is 1.86. The van der Waals surface area contributed by atoms with Crippen LogP contribution >= 0.6 is 22.6 Å². The van der Waals surface area contributed by atoms with Gasteiger partial charge in [-0.25, -0.2) is 0 Å². The van der Waals surface area contributed by atoms with E-state index in [4.69, 9.17) is 5.11 Å². The number of rotatable bonds is 4. The Morgan fingerprint density at radius 1 is 1.55 bits per heavy atom. The Morgan fingerprint density at radius 2 is 2.09 bits per heavy atom. The van der Waals surface area contributed by atoms with Crippen molar-refractivity contribution in [3.8, 4) is 0 Å². The topological polar surface area (TPSA) is 20.2 Å². The minimum absolute atomic E-state index is 0.305. The fourth-order valence-corrected chi connectivity index (χ4v) is 1.56. The molecule has 0 saturated carbocycles. The fraction of sp³-hybridized carbons (Fsp3) is 0.778. The Kier molecular flexibility index (Phi) is 6.24. The van der Waals surface area contributed by atoms with Crippen LogP contribution in [0.4, 0.5) is 0 Å². The standard InChI is InChI=1S/C9H17IO/c1-7(4-5-11)8(2)6-9(3)10/h6-8,11H,4-5H2,1-3H3/b9-6+/t7-,8-/m0/s1. The lowest BCUT2D eigenvalue weighted by atomic mass is 9.93. The van der Waals surface area contributed by atoms with E-state index in [0.717, 1.165) is 6.42 Å². The van der Waals surface area contributed by atoms with E-state index in [1.165, 1.54) is 3.58 Å². The second-order valence-corrected chi connectivity index (χ2v) is 4.80. The van der Waals surface area contributed by atoms with Crippen molar-refractivity contribution in [1.29, 1.82) is 0 Å². The van der Waals surface area contributed by atoms with Gasteiger partial charge in [-0.3, -0.25) is 0 Å². The average molecular weight is 268 g/mol. The summed E-state index contributed by atoms with van der Waals surface area (Å²) < 4.78 is 1.33. The fourth-order valence-electron chi connectivity index (χ4n) is 0.993. The first-order chi connectivity index (χ1) is 5.07. The number of aliphatic hydroxyl groups excluding tert-OH is 1. The second-order valence-electron chi connectivity index (χ2n) is 3.10. The minimum atomic E-state index is 0.305. The highest BCUT2D eigenvalue weighted by Gasteiger charge is 2.08. The normalized spacial score (nSPS) is 18.1. The predicted molar refractivity (Wildman–Crippen MR) is 57.8 cm³/mol. The van der Waals surface area contributed by atoms with Crippen molar-refractivity contribution < 1.29 is 5.11 Å². The van der Waals surface area contributed by atoms with Crippen LogP contribution in [-0.4, -0.2) is 11.7 Å². The summed E-state index contributed by atoms with van der Waals surface area (Å²) in [4.78, 5) is 0. The molecule has 0 aromatic carbocycles. The molecule has 0 bridgehead atoms. The monoisotopic (exact) mass is 268 g/mol. The number of aliphatic hydroxyl groups is 1. The van der Waals surface area contributed by atoms with E-state index in [1.807, 2.05) is 0 Å². The Balaban J connectivity index is 3.82. The molecule has 0 aromatic heterocycles. The zero-order chi connectivity index (χ0) is 8.85. The molecule has 11 heavy (non-hydrogen) atoms. The first kappa shape index (κ1) is 11.4. The van der Waals surface area contributed by atoms with Crippen LogP contribution < -0.4 is 0 Å². The molecule has 1 N–H and O–H groups in total. The van der Waals surface area contributed by atoms with Gasteiger partial charge in [0.25, 0.3) is 0 Å². The van der Waals surface area contributed by atoms with Crippen LogP contribution in [0.15, 0.2) is 9.66 Å². The zero-order valence-electron chi connectivity index (χ0n) is 7.47. The summed E-state index contributed by atoms with van der Waals surface area (Å²) in [7, 11) is 0. The van der Waals surface area contributed by atoms with Gasteiger partial charge in [0.15, 0.2) is 0 Å². The van der Waals surface area contributed by atoms with E-state index < -0.39 is 0 Å². The van der Waals surface area contributed by atoms with Gasteiger partial charge in [0.2, 0.25) is 0 Å². The molecule has 0 aromatic rings. The summed E-state index contributed by atoms with van der Waals surface area (Å²) in [6, 6.07) is 0. The Hall–Kier alpha value is 0.430. The van der Waals surface area contributed by atoms with Crippen molar-refractivity contribution in [3.05, 3.63) is 9.66 Å². The summed E-state index contributed by atoms with van der Waals surface area (Å²) >= 11 is 2.32. The van der Waals surface area contributed by atoms with Crippen molar-refractivity contribution in [3.63, 3.8) is 0 Å². The molecule has 0 spiro atoms. The Morgan fingerprint density at radius 3 is 2.45 bits per heavy atom. The van der Waals surface area contributed by atoms with Crippen LogP contribution in [0.2, 0.25) is 0 Å². The van der Waals surface area contributed by atoms with Gasteiger partial charge in [0, 0.05) is 6.61 Å². The van der Waals surface area contributed by atoms with E-state index in [0.29, 0.717) is 18.4 Å². The summed E-state index contributed by atoms with van der Waals surface area (Å²) in [6.45, 7) is 6.78. The van der Waals surface area contributed by atoms with Crippen molar-refractivity contribution in [2.75, 3.05) is 6.61 Å². The highest BCUT2D eigenvalue weighted by Crippen LogP contribution is 2.19. The minimum Gasteiger partial charge on any atom is -0.396 e. The predicted octanol–water partition coefficient (Wildman–Crippen LogP) is 2.98. The number of halogens is 1. The molecule has 0 radical (unpaired) electrons. The molecule has 0 aliphatic heterocycles. The molecular formula is C9H17IO. The van der Waals surface area contributed by atoms with Gasteiger partial charge in [0.1, 0.15) is 0 Å². The zero-order valence-corrected chi connectivity index (χ0v) is 9.63. The maximum Gasteiger partial charge on any atom is 0.0433 e. The number of allylic oxidation sites excluding steroid dienone is 2. The van der Waals surface area contributed by atoms with Crippen LogP contribution in [0.25, 0.3) is 0 Å². The molecule has 66 valence electrons. The molecule has 0 unspecified atom stereocenters. The van der Waals surface area contributed by atoms with E-state index in [1.54, 1.807) is 0 Å². The van der Waals surface area contributed by atoms with Crippen LogP contribution in [0, 0.1) is 11.8 Å². The lowest BCUT2D eigenvalue weighted by Crippen LogP contribution is -2.07. The lowest BCUT2D eigenvalue weighted by Gasteiger charge is -2.14. The maximum atomic E-state index is 8.70. The van der Waals surface area contributed by atoms with Gasteiger partial charge < -0.3 is 5.11 Å². The van der Waals surface area contributed by atoms with Gasteiger partial charge in [-0.15, -0.1) is 0 Å². The molecule has 0 saturated heterocycles. The molecule has 0 aliphatic carbocycles. The van der Waals surface area contributed by atoms with Crippen LogP contribution in [-0.2, 0) is 0 Å². The quantitative estimate of drug-likeness (QED) is 0.777. The highest BCUT2D eigenvalue weighted by atomic mass is 127. The maximum absolute atomic E-state index is 8.70. The Bertz CT molecular complexity index is 128. The number of hydrogen-bond acceptors (Lipinski definition) is 1. The van der Waals surface area contributed by atoms with Gasteiger partial charge >= 0.3 is 0 Å². The highest BCUT2D eigenvalue weighted by molar-refractivity contribution is 14.1. The summed E-state index contributed by atoms with van der Waals surface area (Å²) in [5, 5.41) is 8.70. The van der Waals surface area contributed by atoms with E-state index in [-0.39, 0.29) is 0 Å². The summed E-state index contributed by atoms with van der Waals surface area (Å²) in [6.07, 6.45) is 3.16. The van der Waals surface area contributed by atoms with Gasteiger partial charge in [-0.2, -0.15) is 0 Å². The van der Waals surface area contributed by atoms with E-state index >= 15 is 0 Å². The molecule has 2 heteroatoms. The van der Waals surface area contributed by atoms with E-state index in [2.05, 4.69) is 49.4 Å². The molecule has 1 nitrogen and oxygen atoms in total. The number of hydrogen-bond donors (Lipinski definition) is 1. The molecule has 0 amide bonds. The smallest absolute Gasteiger partial charge is 0.0433 e. The van der Waals surface area contributed by atoms with Crippen LogP contribution in [0.3, 0.4) is 0 Å². The van der Waals surface area contributed by atoms with Gasteiger partial charge in [0.05, 0.1) is 0 Å². The molecular weight excluding hydrogens is 251 g/mol. The largest absolute Gasteiger partial charge is 0.396 e. The van der Waals surface area contributed by atoms with Crippen molar-refractivity contribution in [2.24, 2.45) is 11.8 Å². The molecule has 0 rings (SSSR count). The first-order valence-corrected chi connectivity index (χ1v) is 5.10. The van der Waals surface area contributed by atoms with Crippen molar-refractivity contribution >= 4 is 22.6 Å². The molecule has 0 aliphatic rings. The van der Waals surface area contributed by atoms with Crippen molar-refractivity contribution in [1.82, 2.24) is 0 Å². The molecule has 2 atom stereocenters. The lowest BCUT2D eigenvalue weighted by molar-refractivity contribution is 0.247. The van der Waals surface area contributed by atoms with Gasteiger partial charge in [-0.05, 0) is 51.4 Å². The van der Waals surface area contributed by atoms with Crippen LogP contribution in [0.5, 0.6) is 0 Å². The third-order valence-electron chi connectivity index (χ3n) is 1.97. The molecule has 0 fully saturated rings. The summed E-state index contributed by atoms with van der Waals surface area (Å²) in [5.41, 5.74) is 0. The molecule has 0 heterocycles. The Labute approximate surface area is 83.0 Å². The summed E-state index contributed by atoms with van der Waals surface area (Å²) in [5.74, 6) is 1.17. The third kappa shape index (κ3) is 5.67. The second kappa shape index (κ2) is 6.00. The SMILES string of the molecule is C/C(I)=C\[C@H](C)[C@@H](C)CCO. The first-order valence-electron chi connectivity index (χ1n) is 4.02.